The Kier molecular flexibility index (Phi) is 4.05. The van der Waals surface area contributed by atoms with Gasteiger partial charge in [0.2, 0.25) is 10.0 Å². The fourth-order valence-electron chi connectivity index (χ4n) is 3.08. The van der Waals surface area contributed by atoms with Gasteiger partial charge in [0.05, 0.1) is 36.0 Å². The van der Waals surface area contributed by atoms with Crippen molar-refractivity contribution in [3.63, 3.8) is 0 Å². The number of benzene rings is 1. The number of morpholine rings is 1. The van der Waals surface area contributed by atoms with Gasteiger partial charge in [-0.3, -0.25) is 0 Å². The van der Waals surface area contributed by atoms with E-state index < -0.39 is 32.0 Å². The summed E-state index contributed by atoms with van der Waals surface area (Å²) in [5.41, 5.74) is 1.65. The molecule has 0 N–H and O–H groups in total. The Morgan fingerprint density at radius 3 is 2.73 bits per heavy atom. The van der Waals surface area contributed by atoms with Crippen LogP contribution in [0.25, 0.3) is 0 Å². The van der Waals surface area contributed by atoms with Crippen molar-refractivity contribution in [2.75, 3.05) is 24.7 Å². The van der Waals surface area contributed by atoms with Gasteiger partial charge in [-0.1, -0.05) is 24.3 Å². The highest BCUT2D eigenvalue weighted by Gasteiger charge is 2.47. The minimum absolute atomic E-state index is 0.0892. The maximum atomic E-state index is 12.7. The van der Waals surface area contributed by atoms with Crippen molar-refractivity contribution in [1.29, 1.82) is 0 Å². The summed E-state index contributed by atoms with van der Waals surface area (Å²) in [6.07, 6.45) is -0.537. The first-order chi connectivity index (χ1) is 10.3. The lowest BCUT2D eigenvalue weighted by Crippen LogP contribution is -2.53. The number of hydrogen-bond donors (Lipinski definition) is 0. The first-order valence-corrected chi connectivity index (χ1v) is 10.6. The van der Waals surface area contributed by atoms with Gasteiger partial charge in [-0.05, 0) is 18.1 Å². The van der Waals surface area contributed by atoms with Crippen LogP contribution in [0.2, 0.25) is 0 Å². The fraction of sp³-hybridized carbons (Fsp3) is 0.571. The fourth-order valence-corrected chi connectivity index (χ4v) is 6.90. The van der Waals surface area contributed by atoms with Gasteiger partial charge in [0.1, 0.15) is 0 Å². The van der Waals surface area contributed by atoms with Crippen molar-refractivity contribution in [3.05, 3.63) is 35.4 Å². The molecule has 2 aliphatic heterocycles. The molecule has 0 aliphatic carbocycles. The van der Waals surface area contributed by atoms with Crippen LogP contribution < -0.4 is 0 Å². The smallest absolute Gasteiger partial charge is 0.218 e. The van der Waals surface area contributed by atoms with E-state index in [4.69, 9.17) is 4.74 Å². The van der Waals surface area contributed by atoms with Gasteiger partial charge in [0.15, 0.2) is 9.84 Å². The molecule has 8 heteroatoms. The quantitative estimate of drug-likeness (QED) is 0.788. The molecule has 6 nitrogen and oxygen atoms in total. The highest BCUT2D eigenvalue weighted by Crippen LogP contribution is 2.28. The zero-order valence-electron chi connectivity index (χ0n) is 12.3. The Balaban J connectivity index is 1.87. The van der Waals surface area contributed by atoms with Crippen LogP contribution in [0.5, 0.6) is 0 Å². The van der Waals surface area contributed by atoms with Crippen LogP contribution in [0.15, 0.2) is 24.3 Å². The minimum Gasteiger partial charge on any atom is -0.374 e. The van der Waals surface area contributed by atoms with Gasteiger partial charge >= 0.3 is 0 Å². The van der Waals surface area contributed by atoms with E-state index >= 15 is 0 Å². The number of rotatable bonds is 3. The molecule has 1 aromatic rings. The van der Waals surface area contributed by atoms with Gasteiger partial charge in [0.25, 0.3) is 0 Å². The van der Waals surface area contributed by atoms with E-state index in [0.717, 1.165) is 11.1 Å². The number of nitrogens with zero attached hydrogens (tertiary/aromatic N) is 1. The zero-order chi connectivity index (χ0) is 16.0. The number of sulfone groups is 1. The summed E-state index contributed by atoms with van der Waals surface area (Å²) in [6, 6.07) is 6.73. The van der Waals surface area contributed by atoms with E-state index in [1.165, 1.54) is 4.31 Å². The maximum absolute atomic E-state index is 12.7. The first-order valence-electron chi connectivity index (χ1n) is 7.14. The summed E-state index contributed by atoms with van der Waals surface area (Å²) < 4.78 is 55.8. The third-order valence-electron chi connectivity index (χ3n) is 4.24. The molecule has 0 amide bonds. The van der Waals surface area contributed by atoms with Crippen molar-refractivity contribution in [2.24, 2.45) is 0 Å². The van der Waals surface area contributed by atoms with E-state index in [0.29, 0.717) is 0 Å². The zero-order valence-corrected chi connectivity index (χ0v) is 13.9. The maximum Gasteiger partial charge on any atom is 0.218 e. The number of hydrogen-bond acceptors (Lipinski definition) is 5. The molecule has 2 fully saturated rings. The number of sulfonamides is 1. The number of fused-ring (bicyclic) bond motifs is 1. The Bertz CT molecular complexity index is 772. The lowest BCUT2D eigenvalue weighted by Gasteiger charge is -2.35. The molecule has 2 saturated heterocycles. The largest absolute Gasteiger partial charge is 0.374 e. The Morgan fingerprint density at radius 2 is 2.00 bits per heavy atom. The molecule has 2 heterocycles. The lowest BCUT2D eigenvalue weighted by atomic mass is 10.1. The molecular formula is C14H19NO5S2. The Labute approximate surface area is 131 Å². The molecule has 1 aromatic carbocycles. The topological polar surface area (TPSA) is 80.8 Å². The van der Waals surface area contributed by atoms with Crippen molar-refractivity contribution in [3.8, 4) is 0 Å². The predicted octanol–water partition coefficient (Wildman–Crippen LogP) is 0.323. The molecule has 3 rings (SSSR count). The SMILES string of the molecule is Cc1ccccc1CS(=O)(=O)N1CCOC2CS(=O)(=O)CC21. The van der Waals surface area contributed by atoms with Crippen LogP contribution in [0.4, 0.5) is 0 Å². The number of ether oxygens (including phenoxy) is 1. The summed E-state index contributed by atoms with van der Waals surface area (Å²) in [7, 11) is -6.81. The average Bonchev–Trinajstić information content (AvgIpc) is 2.74. The third kappa shape index (κ3) is 3.05. The second-order valence-electron chi connectivity index (χ2n) is 5.85. The lowest BCUT2D eigenvalue weighted by molar-refractivity contribution is -0.0142. The van der Waals surface area contributed by atoms with Crippen LogP contribution in [-0.4, -0.2) is 57.9 Å². The average molecular weight is 345 g/mol. The second-order valence-corrected chi connectivity index (χ2v) is 9.92. The molecule has 2 aliphatic rings. The van der Waals surface area contributed by atoms with E-state index in [9.17, 15) is 16.8 Å². The van der Waals surface area contributed by atoms with Gasteiger partial charge in [-0.25, -0.2) is 16.8 Å². The van der Waals surface area contributed by atoms with Crippen LogP contribution in [0.1, 0.15) is 11.1 Å². The summed E-state index contributed by atoms with van der Waals surface area (Å²) in [6.45, 7) is 2.32. The van der Waals surface area contributed by atoms with Crippen molar-refractivity contribution in [1.82, 2.24) is 4.31 Å². The summed E-state index contributed by atoms with van der Waals surface area (Å²) in [4.78, 5) is 0. The molecule has 2 unspecified atom stereocenters. The number of aryl methyl sites for hydroxylation is 1. The Morgan fingerprint density at radius 1 is 1.27 bits per heavy atom. The van der Waals surface area contributed by atoms with Gasteiger partial charge < -0.3 is 4.74 Å². The molecule has 122 valence electrons. The summed E-state index contributed by atoms with van der Waals surface area (Å²) in [5.74, 6) is -0.346. The third-order valence-corrected chi connectivity index (χ3v) is 7.77. The van der Waals surface area contributed by atoms with Crippen LogP contribution in [0, 0.1) is 6.92 Å². The molecule has 2 atom stereocenters. The molecule has 0 spiro atoms. The highest BCUT2D eigenvalue weighted by molar-refractivity contribution is 7.92. The molecule has 0 saturated carbocycles. The van der Waals surface area contributed by atoms with Crippen molar-refractivity contribution < 1.29 is 21.6 Å². The van der Waals surface area contributed by atoms with Gasteiger partial charge in [-0.15, -0.1) is 0 Å². The van der Waals surface area contributed by atoms with Crippen molar-refractivity contribution >= 4 is 19.9 Å². The van der Waals surface area contributed by atoms with E-state index in [1.54, 1.807) is 12.1 Å². The van der Waals surface area contributed by atoms with Gasteiger partial charge in [0, 0.05) is 6.54 Å². The molecule has 0 radical (unpaired) electrons. The van der Waals surface area contributed by atoms with E-state index in [1.807, 2.05) is 19.1 Å². The summed E-state index contributed by atoms with van der Waals surface area (Å²) >= 11 is 0. The minimum atomic E-state index is -3.57. The standard InChI is InChI=1S/C14H19NO5S2/c1-11-4-2-3-5-12(11)8-22(18,19)15-6-7-20-14-10-21(16,17)9-13(14)15/h2-5,13-14H,6-10H2,1H3. The molecule has 0 bridgehead atoms. The van der Waals surface area contributed by atoms with Crippen LogP contribution >= 0.6 is 0 Å². The second kappa shape index (κ2) is 5.59. The monoisotopic (exact) mass is 345 g/mol. The van der Waals surface area contributed by atoms with Crippen LogP contribution in [-0.2, 0) is 30.4 Å². The van der Waals surface area contributed by atoms with Crippen molar-refractivity contribution in [2.45, 2.75) is 24.8 Å². The Hall–Kier alpha value is -0.960. The van der Waals surface area contributed by atoms with Gasteiger partial charge in [-0.2, -0.15) is 4.31 Å². The first kappa shape index (κ1) is 15.9. The van der Waals surface area contributed by atoms with E-state index in [2.05, 4.69) is 0 Å². The van der Waals surface area contributed by atoms with Crippen LogP contribution in [0.3, 0.4) is 0 Å². The summed E-state index contributed by atoms with van der Waals surface area (Å²) in [5, 5.41) is 0. The predicted molar refractivity (Wildman–Crippen MR) is 82.7 cm³/mol. The molecule has 22 heavy (non-hydrogen) atoms. The highest BCUT2D eigenvalue weighted by atomic mass is 32.2. The van der Waals surface area contributed by atoms with E-state index in [-0.39, 0.29) is 30.4 Å². The molecular weight excluding hydrogens is 326 g/mol. The molecule has 0 aromatic heterocycles. The normalized spacial score (nSPS) is 28.4.